The molecule has 1 heterocycles. The number of hydrazone groups is 1. The summed E-state index contributed by atoms with van der Waals surface area (Å²) in [6.45, 7) is 5.71. The zero-order chi connectivity index (χ0) is 18.1. The highest BCUT2D eigenvalue weighted by molar-refractivity contribution is 6.35. The van der Waals surface area contributed by atoms with Crippen LogP contribution in [0.1, 0.15) is 38.9 Å². The van der Waals surface area contributed by atoms with Crippen molar-refractivity contribution in [1.29, 1.82) is 0 Å². The minimum absolute atomic E-state index is 0.226. The van der Waals surface area contributed by atoms with Crippen molar-refractivity contribution in [1.82, 2.24) is 0 Å². The number of hydrogen-bond acceptors (Lipinski definition) is 6. The van der Waals surface area contributed by atoms with Crippen LogP contribution in [0.3, 0.4) is 0 Å². The maximum Gasteiger partial charge on any atom is 0.330 e. The SMILES string of the molecule is COC(=O)[C@H]1C[C@H](OC(C)(C)C)c2c(Cl)cc(Cl)cc2N1N=C=O. The van der Waals surface area contributed by atoms with Gasteiger partial charge < -0.3 is 9.47 Å². The summed E-state index contributed by atoms with van der Waals surface area (Å²) in [5.41, 5.74) is 0.573. The number of rotatable bonds is 3. The number of halogens is 2. The van der Waals surface area contributed by atoms with Gasteiger partial charge in [0.05, 0.1) is 24.5 Å². The molecule has 0 amide bonds. The standard InChI is InChI=1S/C16H18Cl2N2O4/c1-16(2,3)24-13-7-12(15(22)23-4)20(19-8-21)11-6-9(17)5-10(18)14(11)13/h5-6,12-13H,7H2,1-4H3/t12-,13+/m1/s1. The predicted octanol–water partition coefficient (Wildman–Crippen LogP) is 3.85. The van der Waals surface area contributed by atoms with Crippen LogP contribution in [0.5, 0.6) is 0 Å². The zero-order valence-electron chi connectivity index (χ0n) is 13.8. The summed E-state index contributed by atoms with van der Waals surface area (Å²) < 4.78 is 10.9. The first-order valence-corrected chi connectivity index (χ1v) is 8.05. The van der Waals surface area contributed by atoms with E-state index in [-0.39, 0.29) is 6.42 Å². The Labute approximate surface area is 150 Å². The topological polar surface area (TPSA) is 68.2 Å². The fourth-order valence-corrected chi connectivity index (χ4v) is 3.31. The summed E-state index contributed by atoms with van der Waals surface area (Å²) in [5.74, 6) is -0.543. The van der Waals surface area contributed by atoms with Crippen molar-refractivity contribution in [3.05, 3.63) is 27.7 Å². The molecule has 2 rings (SSSR count). The maximum atomic E-state index is 12.2. The highest BCUT2D eigenvalue weighted by atomic mass is 35.5. The van der Waals surface area contributed by atoms with Crippen LogP contribution in [0.15, 0.2) is 17.2 Å². The molecule has 0 saturated heterocycles. The van der Waals surface area contributed by atoms with E-state index in [1.165, 1.54) is 18.2 Å². The third-order valence-electron chi connectivity index (χ3n) is 3.49. The molecule has 24 heavy (non-hydrogen) atoms. The second-order valence-electron chi connectivity index (χ2n) is 6.35. The third-order valence-corrected chi connectivity index (χ3v) is 4.02. The van der Waals surface area contributed by atoms with Crippen molar-refractivity contribution in [3.8, 4) is 0 Å². The van der Waals surface area contributed by atoms with Gasteiger partial charge in [0.15, 0.2) is 6.04 Å². The lowest BCUT2D eigenvalue weighted by molar-refractivity contribution is -0.145. The first-order chi connectivity index (χ1) is 11.2. The van der Waals surface area contributed by atoms with Crippen LogP contribution in [0.2, 0.25) is 10.0 Å². The zero-order valence-corrected chi connectivity index (χ0v) is 15.3. The first kappa shape index (κ1) is 18.7. The molecule has 0 aromatic heterocycles. The normalized spacial score (nSPS) is 20.2. The number of anilines is 1. The average Bonchev–Trinajstić information content (AvgIpc) is 2.46. The quantitative estimate of drug-likeness (QED) is 0.457. The van der Waals surface area contributed by atoms with Gasteiger partial charge in [0, 0.05) is 22.0 Å². The number of carbonyl (C=O) groups is 1. The number of nitrogens with zero attached hydrogens (tertiary/aromatic N) is 2. The van der Waals surface area contributed by atoms with E-state index in [1.807, 2.05) is 20.8 Å². The minimum atomic E-state index is -0.842. The highest BCUT2D eigenvalue weighted by Crippen LogP contribution is 2.46. The van der Waals surface area contributed by atoms with Crippen molar-refractivity contribution in [3.63, 3.8) is 0 Å². The number of ether oxygens (including phenoxy) is 2. The Hall–Kier alpha value is -1.59. The predicted molar refractivity (Wildman–Crippen MR) is 91.1 cm³/mol. The van der Waals surface area contributed by atoms with E-state index in [9.17, 15) is 9.59 Å². The molecular weight excluding hydrogens is 355 g/mol. The molecule has 8 heteroatoms. The third kappa shape index (κ3) is 3.90. The molecule has 0 spiro atoms. The molecule has 1 aromatic rings. The molecule has 0 N–H and O–H groups in total. The van der Waals surface area contributed by atoms with Gasteiger partial charge in [-0.05, 0) is 32.9 Å². The second kappa shape index (κ2) is 7.11. The minimum Gasteiger partial charge on any atom is -0.467 e. The molecule has 0 bridgehead atoms. The fraction of sp³-hybridized carbons (Fsp3) is 0.500. The van der Waals surface area contributed by atoms with Crippen molar-refractivity contribution in [2.24, 2.45) is 5.10 Å². The van der Waals surface area contributed by atoms with Crippen LogP contribution >= 0.6 is 23.2 Å². The molecule has 1 aliphatic heterocycles. The Morgan fingerprint density at radius 3 is 2.58 bits per heavy atom. The Morgan fingerprint density at radius 1 is 1.38 bits per heavy atom. The fourth-order valence-electron chi connectivity index (χ4n) is 2.70. The molecule has 2 atom stereocenters. The van der Waals surface area contributed by atoms with Gasteiger partial charge in [-0.2, -0.15) is 0 Å². The van der Waals surface area contributed by atoms with Crippen molar-refractivity contribution < 1.29 is 19.1 Å². The van der Waals surface area contributed by atoms with Gasteiger partial charge in [0.1, 0.15) is 0 Å². The largest absolute Gasteiger partial charge is 0.467 e. The second-order valence-corrected chi connectivity index (χ2v) is 7.19. The van der Waals surface area contributed by atoms with Gasteiger partial charge in [-0.1, -0.05) is 28.3 Å². The number of isocyanates is 1. The van der Waals surface area contributed by atoms with Gasteiger partial charge in [-0.3, -0.25) is 0 Å². The van der Waals surface area contributed by atoms with Crippen LogP contribution in [-0.4, -0.2) is 30.8 Å². The maximum absolute atomic E-state index is 12.2. The highest BCUT2D eigenvalue weighted by Gasteiger charge is 2.41. The molecule has 0 radical (unpaired) electrons. The smallest absolute Gasteiger partial charge is 0.330 e. The monoisotopic (exact) mass is 372 g/mol. The summed E-state index contributed by atoms with van der Waals surface area (Å²) >= 11 is 12.4. The van der Waals surface area contributed by atoms with Gasteiger partial charge in [0.2, 0.25) is 0 Å². The summed E-state index contributed by atoms with van der Waals surface area (Å²) in [5, 5.41) is 5.60. The van der Waals surface area contributed by atoms with E-state index in [0.29, 0.717) is 21.3 Å². The van der Waals surface area contributed by atoms with E-state index in [0.717, 1.165) is 0 Å². The Balaban J connectivity index is 2.64. The van der Waals surface area contributed by atoms with E-state index in [1.54, 1.807) is 12.1 Å². The lowest BCUT2D eigenvalue weighted by atomic mass is 9.93. The van der Waals surface area contributed by atoms with E-state index < -0.39 is 23.7 Å². The van der Waals surface area contributed by atoms with E-state index in [2.05, 4.69) is 5.10 Å². The molecule has 0 saturated carbocycles. The molecule has 0 fully saturated rings. The van der Waals surface area contributed by atoms with Gasteiger partial charge >= 0.3 is 5.97 Å². The number of benzene rings is 1. The van der Waals surface area contributed by atoms with E-state index in [4.69, 9.17) is 32.7 Å². The molecular formula is C16H18Cl2N2O4. The number of carbonyl (C=O) groups excluding carboxylic acids is 2. The molecule has 0 unspecified atom stereocenters. The number of hydrogen-bond donors (Lipinski definition) is 0. The van der Waals surface area contributed by atoms with Crippen molar-refractivity contribution in [2.45, 2.75) is 44.9 Å². The van der Waals surface area contributed by atoms with E-state index >= 15 is 0 Å². The number of fused-ring (bicyclic) bond motifs is 1. The molecule has 0 aliphatic carbocycles. The lowest BCUT2D eigenvalue weighted by Gasteiger charge is -2.39. The van der Waals surface area contributed by atoms with Gasteiger partial charge in [0.25, 0.3) is 6.08 Å². The lowest BCUT2D eigenvalue weighted by Crippen LogP contribution is -2.44. The van der Waals surface area contributed by atoms with Crippen LogP contribution in [0, 0.1) is 0 Å². The summed E-state index contributed by atoms with van der Waals surface area (Å²) in [6.07, 6.45) is 1.20. The molecule has 6 nitrogen and oxygen atoms in total. The molecule has 130 valence electrons. The van der Waals surface area contributed by atoms with Gasteiger partial charge in [-0.15, -0.1) is 0 Å². The summed E-state index contributed by atoms with van der Waals surface area (Å²) in [4.78, 5) is 23.0. The van der Waals surface area contributed by atoms with Crippen molar-refractivity contribution in [2.75, 3.05) is 12.1 Å². The van der Waals surface area contributed by atoms with Crippen LogP contribution in [-0.2, 0) is 19.1 Å². The average molecular weight is 373 g/mol. The Bertz CT molecular complexity index is 696. The van der Waals surface area contributed by atoms with Crippen LogP contribution < -0.4 is 5.01 Å². The first-order valence-electron chi connectivity index (χ1n) is 7.29. The number of methoxy groups -OCH3 is 1. The molecule has 1 aliphatic rings. The summed E-state index contributed by atoms with van der Waals surface area (Å²) in [7, 11) is 1.27. The van der Waals surface area contributed by atoms with Crippen molar-refractivity contribution >= 4 is 40.9 Å². The molecule has 1 aromatic carbocycles. The van der Waals surface area contributed by atoms with Crippen LogP contribution in [0.4, 0.5) is 5.69 Å². The Morgan fingerprint density at radius 2 is 2.04 bits per heavy atom. The summed E-state index contributed by atoms with van der Waals surface area (Å²) in [6, 6.07) is 2.32. The Kier molecular flexibility index (Phi) is 5.56. The number of esters is 1. The van der Waals surface area contributed by atoms with Gasteiger partial charge in [-0.25, -0.2) is 14.6 Å². The van der Waals surface area contributed by atoms with Crippen LogP contribution in [0.25, 0.3) is 0 Å².